The topological polar surface area (TPSA) is 68.2 Å². The quantitative estimate of drug-likeness (QED) is 0.852. The molecule has 0 aliphatic carbocycles. The minimum atomic E-state index is 0.0369. The monoisotopic (exact) mass is 298 g/mol. The van der Waals surface area contributed by atoms with E-state index in [1.165, 1.54) is 0 Å². The van der Waals surface area contributed by atoms with Gasteiger partial charge >= 0.3 is 0 Å². The first-order valence-electron chi connectivity index (χ1n) is 7.38. The van der Waals surface area contributed by atoms with Crippen LogP contribution in [-0.4, -0.2) is 51.6 Å². The van der Waals surface area contributed by atoms with Gasteiger partial charge in [0.1, 0.15) is 0 Å². The van der Waals surface area contributed by atoms with Crippen LogP contribution in [0.2, 0.25) is 0 Å². The maximum absolute atomic E-state index is 12.6. The van der Waals surface area contributed by atoms with E-state index in [0.29, 0.717) is 25.3 Å². The highest BCUT2D eigenvalue weighted by atomic mass is 16.5. The third kappa shape index (κ3) is 3.46. The van der Waals surface area contributed by atoms with Crippen LogP contribution in [-0.2, 0) is 11.2 Å². The van der Waals surface area contributed by atoms with E-state index in [9.17, 15) is 4.79 Å². The zero-order valence-corrected chi connectivity index (χ0v) is 12.3. The molecule has 2 aromatic rings. The van der Waals surface area contributed by atoms with Gasteiger partial charge in [-0.25, -0.2) is 0 Å². The summed E-state index contributed by atoms with van der Waals surface area (Å²) in [4.78, 5) is 26.8. The van der Waals surface area contributed by atoms with Crippen LogP contribution in [0.4, 0.5) is 0 Å². The zero-order chi connectivity index (χ0) is 15.2. The van der Waals surface area contributed by atoms with E-state index >= 15 is 0 Å². The number of rotatable bonds is 4. The third-order valence-electron chi connectivity index (χ3n) is 3.77. The van der Waals surface area contributed by atoms with E-state index in [1.54, 1.807) is 43.1 Å². The second-order valence-corrected chi connectivity index (χ2v) is 5.20. The molecule has 1 atom stereocenters. The van der Waals surface area contributed by atoms with Crippen LogP contribution in [0.3, 0.4) is 0 Å². The first-order chi connectivity index (χ1) is 10.8. The van der Waals surface area contributed by atoms with Crippen LogP contribution >= 0.6 is 0 Å². The smallest absolute Gasteiger partial charge is 0.254 e. The largest absolute Gasteiger partial charge is 0.377 e. The van der Waals surface area contributed by atoms with Crippen molar-refractivity contribution in [3.8, 4) is 0 Å². The number of pyridine rings is 1. The molecule has 1 fully saturated rings. The Morgan fingerprint density at radius 1 is 1.23 bits per heavy atom. The second-order valence-electron chi connectivity index (χ2n) is 5.20. The van der Waals surface area contributed by atoms with Gasteiger partial charge < -0.3 is 9.64 Å². The first-order valence-corrected chi connectivity index (χ1v) is 7.38. The van der Waals surface area contributed by atoms with Crippen molar-refractivity contribution in [2.75, 3.05) is 19.8 Å². The van der Waals surface area contributed by atoms with Crippen molar-refractivity contribution in [2.24, 2.45) is 0 Å². The van der Waals surface area contributed by atoms with E-state index < -0.39 is 0 Å². The normalized spacial score (nSPS) is 18.2. The number of hydrogen-bond donors (Lipinski definition) is 0. The first kappa shape index (κ1) is 14.6. The van der Waals surface area contributed by atoms with Crippen molar-refractivity contribution in [3.05, 3.63) is 54.4 Å². The Balaban J connectivity index is 1.67. The number of nitrogens with zero attached hydrogens (tertiary/aromatic N) is 4. The molecule has 1 aliphatic heterocycles. The zero-order valence-electron chi connectivity index (χ0n) is 12.3. The van der Waals surface area contributed by atoms with Gasteiger partial charge in [-0.2, -0.15) is 0 Å². The fourth-order valence-corrected chi connectivity index (χ4v) is 2.60. The summed E-state index contributed by atoms with van der Waals surface area (Å²) in [5, 5.41) is 0. The molecule has 6 heteroatoms. The Labute approximate surface area is 129 Å². The predicted octanol–water partition coefficient (Wildman–Crippen LogP) is 1.35. The van der Waals surface area contributed by atoms with Crippen LogP contribution in [0.25, 0.3) is 0 Å². The Bertz CT molecular complexity index is 606. The minimum absolute atomic E-state index is 0.0369. The van der Waals surface area contributed by atoms with Crippen molar-refractivity contribution in [1.82, 2.24) is 19.9 Å². The molecule has 0 bridgehead atoms. The molecule has 0 radical (unpaired) electrons. The molecule has 6 nitrogen and oxygen atoms in total. The van der Waals surface area contributed by atoms with E-state index in [1.807, 2.05) is 4.90 Å². The molecule has 3 heterocycles. The van der Waals surface area contributed by atoms with Crippen molar-refractivity contribution in [3.63, 3.8) is 0 Å². The van der Waals surface area contributed by atoms with Crippen molar-refractivity contribution in [1.29, 1.82) is 0 Å². The molecular weight excluding hydrogens is 280 g/mol. The lowest BCUT2D eigenvalue weighted by Gasteiger charge is -2.35. The summed E-state index contributed by atoms with van der Waals surface area (Å²) in [5.74, 6) is 0.0369. The van der Waals surface area contributed by atoms with Crippen LogP contribution in [0.1, 0.15) is 22.5 Å². The summed E-state index contributed by atoms with van der Waals surface area (Å²) in [7, 11) is 0. The molecule has 0 saturated carbocycles. The summed E-state index contributed by atoms with van der Waals surface area (Å²) in [6, 6.07) is 3.56. The van der Waals surface area contributed by atoms with Gasteiger partial charge in [-0.1, -0.05) is 0 Å². The molecule has 0 N–H and O–H groups in total. The van der Waals surface area contributed by atoms with Crippen LogP contribution in [0, 0.1) is 0 Å². The standard InChI is InChI=1S/C16H18N4O2/c21-16(13-3-5-17-6-4-13)20-9-10-22-12-15(20)2-1-14-11-18-7-8-19-14/h3-8,11,15H,1-2,9-10,12H2/t15-/m1/s1. The average Bonchev–Trinajstić information content (AvgIpc) is 2.61. The Kier molecular flexibility index (Phi) is 4.70. The summed E-state index contributed by atoms with van der Waals surface area (Å²) < 4.78 is 5.54. The lowest BCUT2D eigenvalue weighted by atomic mass is 10.1. The van der Waals surface area contributed by atoms with Gasteiger partial charge in [0.25, 0.3) is 5.91 Å². The second kappa shape index (κ2) is 7.09. The summed E-state index contributed by atoms with van der Waals surface area (Å²) in [6.45, 7) is 1.77. The van der Waals surface area contributed by atoms with E-state index in [4.69, 9.17) is 4.74 Å². The van der Waals surface area contributed by atoms with Gasteiger partial charge in [-0.15, -0.1) is 0 Å². The fourth-order valence-electron chi connectivity index (χ4n) is 2.60. The number of ether oxygens (including phenoxy) is 1. The SMILES string of the molecule is O=C(c1ccncc1)N1CCOC[C@H]1CCc1cnccn1. The Morgan fingerprint density at radius 3 is 2.86 bits per heavy atom. The maximum atomic E-state index is 12.6. The molecule has 3 rings (SSSR count). The Hall–Kier alpha value is -2.34. The molecule has 2 aromatic heterocycles. The molecule has 1 amide bonds. The molecule has 1 saturated heterocycles. The number of morpholine rings is 1. The van der Waals surface area contributed by atoms with E-state index in [0.717, 1.165) is 18.5 Å². The lowest BCUT2D eigenvalue weighted by molar-refractivity contribution is -0.00413. The number of amides is 1. The molecule has 0 unspecified atom stereocenters. The highest BCUT2D eigenvalue weighted by molar-refractivity contribution is 5.94. The van der Waals surface area contributed by atoms with Crippen molar-refractivity contribution in [2.45, 2.75) is 18.9 Å². The number of carbonyl (C=O) groups excluding carboxylic acids is 1. The van der Waals surface area contributed by atoms with Gasteiger partial charge in [0, 0.05) is 43.1 Å². The van der Waals surface area contributed by atoms with Gasteiger partial charge in [0.15, 0.2) is 0 Å². The predicted molar refractivity (Wildman–Crippen MR) is 80.2 cm³/mol. The summed E-state index contributed by atoms with van der Waals surface area (Å²) in [5.41, 5.74) is 1.60. The number of aryl methyl sites for hydroxylation is 1. The molecule has 0 aromatic carbocycles. The molecule has 22 heavy (non-hydrogen) atoms. The Morgan fingerprint density at radius 2 is 2.09 bits per heavy atom. The lowest BCUT2D eigenvalue weighted by Crippen LogP contribution is -2.48. The highest BCUT2D eigenvalue weighted by Gasteiger charge is 2.27. The molecule has 114 valence electrons. The number of hydrogen-bond acceptors (Lipinski definition) is 5. The fraction of sp³-hybridized carbons (Fsp3) is 0.375. The van der Waals surface area contributed by atoms with Gasteiger partial charge in [0.2, 0.25) is 0 Å². The maximum Gasteiger partial charge on any atom is 0.254 e. The summed E-state index contributed by atoms with van der Waals surface area (Å²) >= 11 is 0. The molecular formula is C16H18N4O2. The highest BCUT2D eigenvalue weighted by Crippen LogP contribution is 2.16. The average molecular weight is 298 g/mol. The molecule has 1 aliphatic rings. The van der Waals surface area contributed by atoms with E-state index in [-0.39, 0.29) is 11.9 Å². The van der Waals surface area contributed by atoms with Crippen LogP contribution in [0.15, 0.2) is 43.1 Å². The molecule has 0 spiro atoms. The minimum Gasteiger partial charge on any atom is -0.377 e. The summed E-state index contributed by atoms with van der Waals surface area (Å²) in [6.07, 6.45) is 9.99. The van der Waals surface area contributed by atoms with Crippen LogP contribution < -0.4 is 0 Å². The van der Waals surface area contributed by atoms with Crippen molar-refractivity contribution >= 4 is 5.91 Å². The number of aromatic nitrogens is 3. The van der Waals surface area contributed by atoms with E-state index in [2.05, 4.69) is 15.0 Å². The van der Waals surface area contributed by atoms with Crippen LogP contribution in [0.5, 0.6) is 0 Å². The number of carbonyl (C=O) groups is 1. The third-order valence-corrected chi connectivity index (χ3v) is 3.77. The van der Waals surface area contributed by atoms with Gasteiger partial charge in [-0.3, -0.25) is 19.7 Å². The van der Waals surface area contributed by atoms with Crippen molar-refractivity contribution < 1.29 is 9.53 Å². The van der Waals surface area contributed by atoms with Gasteiger partial charge in [0.05, 0.1) is 24.9 Å². The van der Waals surface area contributed by atoms with Gasteiger partial charge in [-0.05, 0) is 25.0 Å².